The average Bonchev–Trinajstić information content (AvgIpc) is 2.96. The third-order valence-electron chi connectivity index (χ3n) is 4.64. The average molecular weight is 361 g/mol. The van der Waals surface area contributed by atoms with Crippen molar-refractivity contribution in [3.63, 3.8) is 0 Å². The van der Waals surface area contributed by atoms with Crippen molar-refractivity contribution in [1.29, 1.82) is 0 Å². The van der Waals surface area contributed by atoms with Crippen molar-refractivity contribution < 1.29 is 24.9 Å². The fraction of sp³-hybridized carbons (Fsp3) is 0.867. The molecule has 2 aliphatic heterocycles. The third-order valence-corrected chi connectivity index (χ3v) is 5.89. The first-order valence-corrected chi connectivity index (χ1v) is 9.14. The summed E-state index contributed by atoms with van der Waals surface area (Å²) in [5.41, 5.74) is -0.357. The summed E-state index contributed by atoms with van der Waals surface area (Å²) in [6.45, 7) is 6.69. The first-order valence-electron chi connectivity index (χ1n) is 8.26. The number of hydrogen-bond donors (Lipinski definition) is 3. The van der Waals surface area contributed by atoms with Crippen molar-refractivity contribution in [3.05, 3.63) is 0 Å². The highest BCUT2D eigenvalue weighted by Gasteiger charge is 2.49. The van der Waals surface area contributed by atoms with E-state index in [1.54, 1.807) is 13.8 Å². The van der Waals surface area contributed by atoms with Crippen LogP contribution in [0.5, 0.6) is 0 Å². The molecule has 1 amide bonds. The monoisotopic (exact) mass is 361 g/mol. The van der Waals surface area contributed by atoms with Crippen molar-refractivity contribution >= 4 is 23.0 Å². The molecule has 2 rings (SSSR count). The maximum atomic E-state index is 11.2. The number of aliphatic hydroxyl groups is 2. The van der Waals surface area contributed by atoms with Gasteiger partial charge in [-0.25, -0.2) is 4.79 Å². The normalized spacial score (nSPS) is 33.6. The lowest BCUT2D eigenvalue weighted by Crippen LogP contribution is -2.56. The summed E-state index contributed by atoms with van der Waals surface area (Å²) in [6, 6.07) is -0.816. The van der Waals surface area contributed by atoms with E-state index in [4.69, 9.17) is 4.74 Å². The Morgan fingerprint density at radius 3 is 2.54 bits per heavy atom. The summed E-state index contributed by atoms with van der Waals surface area (Å²) in [6.07, 6.45) is -3.41. The number of fused-ring (bicyclic) bond motifs is 1. The molecular weight excluding hydrogens is 334 g/mol. The second-order valence-electron chi connectivity index (χ2n) is 6.21. The zero-order chi connectivity index (χ0) is 18.0. The van der Waals surface area contributed by atoms with Crippen LogP contribution in [0.3, 0.4) is 0 Å². The van der Waals surface area contributed by atoms with Gasteiger partial charge >= 0.3 is 6.09 Å². The van der Waals surface area contributed by atoms with Gasteiger partial charge in [0, 0.05) is 26.2 Å². The first kappa shape index (κ1) is 19.3. The summed E-state index contributed by atoms with van der Waals surface area (Å²) in [4.78, 5) is 19.0. The van der Waals surface area contributed by atoms with Gasteiger partial charge in [0.25, 0.3) is 0 Å². The molecule has 1 saturated heterocycles. The SMILES string of the molecule is CCN(C)C1=N[C@@H]2[C@@H](O)[C@H](O)[C@@H](CC(C)N(CC)C(=O)O)O[C@@H]2S1. The van der Waals surface area contributed by atoms with E-state index in [0.717, 1.165) is 11.7 Å². The van der Waals surface area contributed by atoms with E-state index in [0.29, 0.717) is 13.0 Å². The van der Waals surface area contributed by atoms with Crippen LogP contribution >= 0.6 is 11.8 Å². The molecule has 0 aromatic rings. The van der Waals surface area contributed by atoms with E-state index in [1.807, 2.05) is 18.9 Å². The minimum Gasteiger partial charge on any atom is -0.465 e. The summed E-state index contributed by atoms with van der Waals surface area (Å²) in [5.74, 6) is 0. The Hall–Kier alpha value is -1.03. The lowest BCUT2D eigenvalue weighted by atomic mass is 9.94. The van der Waals surface area contributed by atoms with Gasteiger partial charge in [-0.3, -0.25) is 4.99 Å². The Kier molecular flexibility index (Phi) is 6.35. The van der Waals surface area contributed by atoms with Crippen molar-refractivity contribution in [2.24, 2.45) is 4.99 Å². The van der Waals surface area contributed by atoms with Gasteiger partial charge in [0.05, 0.1) is 6.10 Å². The van der Waals surface area contributed by atoms with E-state index >= 15 is 0 Å². The van der Waals surface area contributed by atoms with E-state index in [1.165, 1.54) is 16.7 Å². The topological polar surface area (TPSA) is 106 Å². The van der Waals surface area contributed by atoms with Gasteiger partial charge in [0.2, 0.25) is 0 Å². The summed E-state index contributed by atoms with van der Waals surface area (Å²) in [7, 11) is 1.91. The van der Waals surface area contributed by atoms with Crippen LogP contribution in [0, 0.1) is 0 Å². The molecule has 1 unspecified atom stereocenters. The number of hydrogen-bond acceptors (Lipinski definition) is 7. The van der Waals surface area contributed by atoms with E-state index in [9.17, 15) is 20.1 Å². The maximum Gasteiger partial charge on any atom is 0.407 e. The fourth-order valence-electron chi connectivity index (χ4n) is 3.03. The number of rotatable bonds is 5. The van der Waals surface area contributed by atoms with Gasteiger partial charge in [-0.2, -0.15) is 0 Å². The van der Waals surface area contributed by atoms with E-state index in [-0.39, 0.29) is 11.5 Å². The predicted molar refractivity (Wildman–Crippen MR) is 92.3 cm³/mol. The minimum absolute atomic E-state index is 0.319. The van der Waals surface area contributed by atoms with E-state index in [2.05, 4.69) is 4.99 Å². The standard InChI is InChI=1S/C15H27N3O5S/c1-5-17(4)14-16-10-12(20)11(19)9(23-13(10)24-14)7-8(3)18(6-2)15(21)22/h8-13,19-20H,5-7H2,1-4H3,(H,21,22)/t8?,9-,10-,11-,12-,13-/m1/s1. The second-order valence-corrected chi connectivity index (χ2v) is 7.28. The smallest absolute Gasteiger partial charge is 0.407 e. The molecule has 0 aromatic heterocycles. The highest BCUT2D eigenvalue weighted by molar-refractivity contribution is 8.14. The Balaban J connectivity index is 2.05. The fourth-order valence-corrected chi connectivity index (χ4v) is 4.29. The van der Waals surface area contributed by atoms with Gasteiger partial charge in [-0.1, -0.05) is 11.8 Å². The Morgan fingerprint density at radius 1 is 1.33 bits per heavy atom. The van der Waals surface area contributed by atoms with Gasteiger partial charge in [0.15, 0.2) is 5.17 Å². The molecule has 0 radical (unpaired) electrons. The molecule has 0 spiro atoms. The minimum atomic E-state index is -1.09. The molecule has 24 heavy (non-hydrogen) atoms. The zero-order valence-electron chi connectivity index (χ0n) is 14.5. The Morgan fingerprint density at radius 2 is 2.00 bits per heavy atom. The van der Waals surface area contributed by atoms with Crippen LogP contribution in [-0.4, -0.2) is 92.3 Å². The van der Waals surface area contributed by atoms with Gasteiger partial charge in [-0.05, 0) is 27.2 Å². The molecule has 2 heterocycles. The van der Waals surface area contributed by atoms with Gasteiger partial charge < -0.3 is 29.9 Å². The quantitative estimate of drug-likeness (QED) is 0.660. The van der Waals surface area contributed by atoms with Crippen LogP contribution in [-0.2, 0) is 4.74 Å². The molecule has 2 aliphatic rings. The molecular formula is C15H27N3O5S. The number of carboxylic acid groups (broad SMARTS) is 1. The summed E-state index contributed by atoms with van der Waals surface area (Å²) >= 11 is 1.44. The number of aliphatic imine (C=N–C) groups is 1. The largest absolute Gasteiger partial charge is 0.465 e. The van der Waals surface area contributed by atoms with Crippen molar-refractivity contribution in [2.45, 2.75) is 63.0 Å². The number of ether oxygens (including phenoxy) is 1. The Labute approximate surface area is 146 Å². The molecule has 0 aliphatic carbocycles. The molecule has 0 bridgehead atoms. The van der Waals surface area contributed by atoms with Crippen LogP contribution in [0.4, 0.5) is 4.79 Å². The highest BCUT2D eigenvalue weighted by Crippen LogP contribution is 2.38. The van der Waals surface area contributed by atoms with Crippen LogP contribution in [0.2, 0.25) is 0 Å². The van der Waals surface area contributed by atoms with Crippen molar-refractivity contribution in [2.75, 3.05) is 20.1 Å². The molecule has 1 fully saturated rings. The highest BCUT2D eigenvalue weighted by atomic mass is 32.2. The van der Waals surface area contributed by atoms with Crippen molar-refractivity contribution in [3.8, 4) is 0 Å². The molecule has 3 N–H and O–H groups in total. The maximum absolute atomic E-state index is 11.2. The van der Waals surface area contributed by atoms with Crippen LogP contribution < -0.4 is 0 Å². The number of carbonyl (C=O) groups is 1. The first-order chi connectivity index (χ1) is 11.3. The van der Waals surface area contributed by atoms with Gasteiger partial charge in [0.1, 0.15) is 23.7 Å². The van der Waals surface area contributed by atoms with E-state index < -0.39 is 30.4 Å². The number of thioether (sulfide) groups is 1. The molecule has 138 valence electrons. The van der Waals surface area contributed by atoms with Crippen LogP contribution in [0.15, 0.2) is 4.99 Å². The molecule has 9 heteroatoms. The van der Waals surface area contributed by atoms with Gasteiger partial charge in [-0.15, -0.1) is 0 Å². The summed E-state index contributed by atoms with van der Waals surface area (Å²) < 4.78 is 5.96. The van der Waals surface area contributed by atoms with Crippen LogP contribution in [0.25, 0.3) is 0 Å². The second kappa shape index (κ2) is 7.90. The number of amides is 1. The number of amidine groups is 1. The number of nitrogens with zero attached hydrogens (tertiary/aromatic N) is 3. The van der Waals surface area contributed by atoms with Crippen molar-refractivity contribution in [1.82, 2.24) is 9.80 Å². The summed E-state index contributed by atoms with van der Waals surface area (Å²) in [5, 5.41) is 30.8. The molecule has 0 saturated carbocycles. The predicted octanol–water partition coefficient (Wildman–Crippen LogP) is 0.635. The lowest BCUT2D eigenvalue weighted by Gasteiger charge is -2.40. The van der Waals surface area contributed by atoms with Crippen LogP contribution in [0.1, 0.15) is 27.2 Å². The third kappa shape index (κ3) is 3.79. The number of aliphatic hydroxyl groups excluding tert-OH is 2. The molecule has 8 nitrogen and oxygen atoms in total. The lowest BCUT2D eigenvalue weighted by molar-refractivity contribution is -0.158. The molecule has 0 aromatic carbocycles. The zero-order valence-corrected chi connectivity index (χ0v) is 15.3. The Bertz CT molecular complexity index is 492. The molecule has 6 atom stereocenters.